The largest absolute Gasteiger partial charge is 0.403 e. The van der Waals surface area contributed by atoms with E-state index in [4.69, 9.17) is 5.73 Å². The van der Waals surface area contributed by atoms with E-state index in [-0.39, 0.29) is 6.03 Å². The zero-order valence-electron chi connectivity index (χ0n) is 7.71. The second-order valence-electron chi connectivity index (χ2n) is 2.33. The molecular formula is C9H10N4O. The molecule has 1 rings (SSSR count). The van der Waals surface area contributed by atoms with Gasteiger partial charge in [0.15, 0.2) is 0 Å². The maximum absolute atomic E-state index is 11.6. The van der Waals surface area contributed by atoms with E-state index in [0.717, 1.165) is 0 Å². The van der Waals surface area contributed by atoms with E-state index in [9.17, 15) is 4.79 Å². The third-order valence-corrected chi connectivity index (χ3v) is 1.40. The van der Waals surface area contributed by atoms with Crippen LogP contribution in [0.2, 0.25) is 0 Å². The van der Waals surface area contributed by atoms with Crippen LogP contribution in [0, 0.1) is 12.0 Å². The summed E-state index contributed by atoms with van der Waals surface area (Å²) in [6.45, 7) is 1.64. The number of imidazole rings is 1. The van der Waals surface area contributed by atoms with Gasteiger partial charge in [-0.15, -0.1) is 0 Å². The standard InChI is InChI=1S/C9H10N4O/c1-2-5-12(6-3-10)9(14)13-7-4-11-8-13/h3-4,6-8H,10H2,1H3/b6-3-. The van der Waals surface area contributed by atoms with Crippen molar-refractivity contribution in [1.29, 1.82) is 0 Å². The van der Waals surface area contributed by atoms with Gasteiger partial charge in [-0.3, -0.25) is 4.57 Å². The molecule has 0 radical (unpaired) electrons. The van der Waals surface area contributed by atoms with Gasteiger partial charge in [0.2, 0.25) is 0 Å². The quantitative estimate of drug-likeness (QED) is 0.520. The van der Waals surface area contributed by atoms with Crippen LogP contribution in [0.25, 0.3) is 0 Å². The van der Waals surface area contributed by atoms with Gasteiger partial charge in [0, 0.05) is 30.8 Å². The van der Waals surface area contributed by atoms with E-state index < -0.39 is 0 Å². The number of hydrogen-bond donors (Lipinski definition) is 1. The lowest BCUT2D eigenvalue weighted by Gasteiger charge is -2.09. The molecule has 1 aromatic rings. The van der Waals surface area contributed by atoms with Crippen molar-refractivity contribution in [2.75, 3.05) is 0 Å². The lowest BCUT2D eigenvalue weighted by atomic mass is 10.6. The molecule has 0 saturated heterocycles. The molecule has 1 aromatic heterocycles. The zero-order valence-corrected chi connectivity index (χ0v) is 7.71. The fourth-order valence-corrected chi connectivity index (χ4v) is 0.852. The van der Waals surface area contributed by atoms with E-state index >= 15 is 0 Å². The average Bonchev–Trinajstić information content (AvgIpc) is 2.69. The Hall–Kier alpha value is -2.22. The molecule has 0 aliphatic rings. The number of hydrogen-bond acceptors (Lipinski definition) is 3. The van der Waals surface area contributed by atoms with Crippen LogP contribution >= 0.6 is 0 Å². The van der Waals surface area contributed by atoms with Crippen molar-refractivity contribution in [3.05, 3.63) is 31.1 Å². The Morgan fingerprint density at radius 1 is 1.71 bits per heavy atom. The normalized spacial score (nSPS) is 9.50. The molecule has 0 aliphatic heterocycles. The van der Waals surface area contributed by atoms with Crippen LogP contribution < -0.4 is 5.73 Å². The van der Waals surface area contributed by atoms with Crippen LogP contribution in [0.1, 0.15) is 6.92 Å². The summed E-state index contributed by atoms with van der Waals surface area (Å²) in [4.78, 5) is 16.6. The molecule has 0 saturated carbocycles. The number of amides is 1. The third-order valence-electron chi connectivity index (χ3n) is 1.40. The van der Waals surface area contributed by atoms with Gasteiger partial charge in [0.25, 0.3) is 0 Å². The van der Waals surface area contributed by atoms with Gasteiger partial charge < -0.3 is 5.73 Å². The predicted molar refractivity (Wildman–Crippen MR) is 51.6 cm³/mol. The highest BCUT2D eigenvalue weighted by molar-refractivity contribution is 5.79. The van der Waals surface area contributed by atoms with Crippen LogP contribution in [0.3, 0.4) is 0 Å². The van der Waals surface area contributed by atoms with Crippen LogP contribution in [-0.2, 0) is 0 Å². The summed E-state index contributed by atoms with van der Waals surface area (Å²) in [5, 5.41) is 0. The molecule has 1 amide bonds. The first-order valence-electron chi connectivity index (χ1n) is 3.92. The number of nitrogens with two attached hydrogens (primary N) is 1. The van der Waals surface area contributed by atoms with Crippen molar-refractivity contribution in [2.45, 2.75) is 6.92 Å². The highest BCUT2D eigenvalue weighted by Crippen LogP contribution is 1.95. The minimum atomic E-state index is -0.321. The number of carbonyl (C=O) groups excluding carboxylic acids is 1. The number of carbonyl (C=O) groups is 1. The molecule has 1 heterocycles. The highest BCUT2D eigenvalue weighted by Gasteiger charge is 2.09. The Morgan fingerprint density at radius 3 is 3.00 bits per heavy atom. The molecule has 5 nitrogen and oxygen atoms in total. The molecule has 0 spiro atoms. The van der Waals surface area contributed by atoms with Gasteiger partial charge in [0.05, 0.1) is 0 Å². The maximum atomic E-state index is 11.6. The third kappa shape index (κ3) is 2.14. The van der Waals surface area contributed by atoms with Crippen molar-refractivity contribution in [1.82, 2.24) is 14.5 Å². The molecule has 0 bridgehead atoms. The summed E-state index contributed by atoms with van der Waals surface area (Å²) < 4.78 is 1.31. The zero-order chi connectivity index (χ0) is 10.4. The Kier molecular flexibility index (Phi) is 3.33. The molecular weight excluding hydrogens is 180 g/mol. The van der Waals surface area contributed by atoms with Gasteiger partial charge in [-0.25, -0.2) is 14.7 Å². The molecule has 0 unspecified atom stereocenters. The summed E-state index contributed by atoms with van der Waals surface area (Å²) in [5.74, 6) is 2.61. The van der Waals surface area contributed by atoms with E-state index in [2.05, 4.69) is 16.9 Å². The first-order valence-corrected chi connectivity index (χ1v) is 3.92. The highest BCUT2D eigenvalue weighted by atomic mass is 16.2. The molecule has 0 aliphatic carbocycles. The summed E-state index contributed by atoms with van der Waals surface area (Å²) in [6.07, 6.45) is 7.09. The van der Waals surface area contributed by atoms with Gasteiger partial charge in [-0.2, -0.15) is 0 Å². The molecule has 0 atom stereocenters. The fraction of sp³-hybridized carbons (Fsp3) is 0.111. The monoisotopic (exact) mass is 190 g/mol. The predicted octanol–water partition coefficient (Wildman–Crippen LogP) is 0.564. The molecule has 5 heteroatoms. The van der Waals surface area contributed by atoms with Crippen LogP contribution in [-0.4, -0.2) is 20.5 Å². The van der Waals surface area contributed by atoms with Gasteiger partial charge >= 0.3 is 6.03 Å². The van der Waals surface area contributed by atoms with E-state index in [1.54, 1.807) is 6.92 Å². The van der Waals surface area contributed by atoms with E-state index in [1.807, 2.05) is 0 Å². The van der Waals surface area contributed by atoms with Gasteiger partial charge in [-0.05, 0) is 6.92 Å². The van der Waals surface area contributed by atoms with Crippen molar-refractivity contribution in [3.63, 3.8) is 0 Å². The lowest BCUT2D eigenvalue weighted by Crippen LogP contribution is -2.25. The maximum Gasteiger partial charge on any atom is 0.345 e. The second kappa shape index (κ2) is 4.72. The van der Waals surface area contributed by atoms with Crippen LogP contribution in [0.5, 0.6) is 0 Å². The van der Waals surface area contributed by atoms with Crippen LogP contribution in [0.15, 0.2) is 31.1 Å². The SMILES string of the molecule is CC#CN(/C=C\N)C(=O)n1ccnc1. The molecule has 0 aromatic carbocycles. The van der Waals surface area contributed by atoms with Crippen molar-refractivity contribution < 1.29 is 4.79 Å². The Morgan fingerprint density at radius 2 is 2.50 bits per heavy atom. The number of nitrogens with zero attached hydrogens (tertiary/aromatic N) is 3. The smallest absolute Gasteiger partial charge is 0.345 e. The van der Waals surface area contributed by atoms with E-state index in [1.165, 1.54) is 40.6 Å². The number of rotatable bonds is 1. The lowest BCUT2D eigenvalue weighted by molar-refractivity contribution is 0.229. The second-order valence-corrected chi connectivity index (χ2v) is 2.33. The number of aromatic nitrogens is 2. The van der Waals surface area contributed by atoms with Crippen molar-refractivity contribution in [3.8, 4) is 12.0 Å². The molecule has 0 fully saturated rings. The molecule has 72 valence electrons. The Bertz CT molecular complexity index is 383. The topological polar surface area (TPSA) is 64.2 Å². The minimum Gasteiger partial charge on any atom is -0.403 e. The summed E-state index contributed by atoms with van der Waals surface area (Å²) in [6, 6.07) is 2.27. The Balaban J connectivity index is 2.88. The summed E-state index contributed by atoms with van der Waals surface area (Å²) >= 11 is 0. The fourth-order valence-electron chi connectivity index (χ4n) is 0.852. The van der Waals surface area contributed by atoms with Gasteiger partial charge in [0.1, 0.15) is 6.33 Å². The molecule has 14 heavy (non-hydrogen) atoms. The molecule has 2 N–H and O–H groups in total. The summed E-state index contributed by atoms with van der Waals surface area (Å²) in [7, 11) is 0. The van der Waals surface area contributed by atoms with Crippen molar-refractivity contribution in [2.24, 2.45) is 5.73 Å². The first kappa shape index (κ1) is 9.86. The van der Waals surface area contributed by atoms with E-state index in [0.29, 0.717) is 0 Å². The first-order chi connectivity index (χ1) is 6.79. The van der Waals surface area contributed by atoms with Gasteiger partial charge in [-0.1, -0.05) is 5.92 Å². The Labute approximate surface area is 81.8 Å². The van der Waals surface area contributed by atoms with Crippen LogP contribution in [0.4, 0.5) is 4.79 Å². The summed E-state index contributed by atoms with van der Waals surface area (Å²) in [5.41, 5.74) is 5.18. The minimum absolute atomic E-state index is 0.321. The average molecular weight is 190 g/mol. The van der Waals surface area contributed by atoms with Crippen molar-refractivity contribution >= 4 is 6.03 Å².